The zero-order valence-electron chi connectivity index (χ0n) is 14.8. The number of benzene rings is 1. The topological polar surface area (TPSA) is 48.9 Å². The molecule has 0 aliphatic carbocycles. The van der Waals surface area contributed by atoms with Crippen LogP contribution >= 0.6 is 11.3 Å². The summed E-state index contributed by atoms with van der Waals surface area (Å²) in [5, 5.41) is 10.0. The maximum absolute atomic E-state index is 13.7. The van der Waals surface area contributed by atoms with Gasteiger partial charge in [-0.1, -0.05) is 0 Å². The van der Waals surface area contributed by atoms with E-state index in [-0.39, 0.29) is 5.82 Å². The van der Waals surface area contributed by atoms with Crippen LogP contribution in [0, 0.1) is 5.82 Å². The summed E-state index contributed by atoms with van der Waals surface area (Å²) < 4.78 is 18.8. The molecule has 2 aliphatic heterocycles. The van der Waals surface area contributed by atoms with Crippen molar-refractivity contribution in [1.29, 1.82) is 0 Å². The van der Waals surface area contributed by atoms with E-state index in [1.165, 1.54) is 12.1 Å². The van der Waals surface area contributed by atoms with Crippen molar-refractivity contribution < 1.29 is 9.13 Å². The molecule has 5 nitrogen and oxygen atoms in total. The van der Waals surface area contributed by atoms with Crippen LogP contribution in [0.1, 0.15) is 18.4 Å². The van der Waals surface area contributed by atoms with Crippen molar-refractivity contribution in [3.63, 3.8) is 0 Å². The molecule has 0 bridgehead atoms. The van der Waals surface area contributed by atoms with Crippen molar-refractivity contribution in [2.24, 2.45) is 4.99 Å². The Morgan fingerprint density at radius 1 is 1.38 bits per heavy atom. The Bertz CT molecular complexity index is 807. The molecule has 2 N–H and O–H groups in total. The molecule has 0 saturated carbocycles. The first-order valence-corrected chi connectivity index (χ1v) is 9.83. The molecule has 2 aliphatic rings. The summed E-state index contributed by atoms with van der Waals surface area (Å²) in [6.45, 7) is 3.54. The Morgan fingerprint density at radius 2 is 2.31 bits per heavy atom. The van der Waals surface area contributed by atoms with Gasteiger partial charge in [0, 0.05) is 39.4 Å². The van der Waals surface area contributed by atoms with Crippen LogP contribution in [0.5, 0.6) is 0 Å². The van der Waals surface area contributed by atoms with Gasteiger partial charge in [0.2, 0.25) is 0 Å². The number of nitrogens with one attached hydrogen (secondary N) is 2. The fraction of sp³-hybridized carbons (Fsp3) is 0.421. The number of rotatable bonds is 4. The number of fused-ring (bicyclic) bond motifs is 2. The van der Waals surface area contributed by atoms with E-state index in [0.29, 0.717) is 6.04 Å². The second-order valence-corrected chi connectivity index (χ2v) is 7.53. The Morgan fingerprint density at radius 3 is 3.19 bits per heavy atom. The highest BCUT2D eigenvalue weighted by atomic mass is 32.1. The standard InChI is InChI=1S/C19H23FN4OS/c1-25-9-2-3-14-12-24(8-7-21-14)18-15-6-10-26-19(15)23-17-11-13(20)4-5-16(17)22-18/h4-6,10-11,14,21,23H,2-3,7-9,12H2,1H3. The van der Waals surface area contributed by atoms with E-state index in [1.54, 1.807) is 24.5 Å². The number of nitrogens with zero attached hydrogens (tertiary/aromatic N) is 2. The summed E-state index contributed by atoms with van der Waals surface area (Å²) in [6.07, 6.45) is 2.12. The average Bonchev–Trinajstić information content (AvgIpc) is 3.04. The van der Waals surface area contributed by atoms with E-state index >= 15 is 0 Å². The largest absolute Gasteiger partial charge is 0.385 e. The number of anilines is 2. The van der Waals surface area contributed by atoms with Gasteiger partial charge in [-0.2, -0.15) is 0 Å². The highest BCUT2D eigenvalue weighted by Crippen LogP contribution is 2.38. The monoisotopic (exact) mass is 374 g/mol. The van der Waals surface area contributed by atoms with Crippen LogP contribution in [-0.4, -0.2) is 50.1 Å². The van der Waals surface area contributed by atoms with E-state index in [1.807, 2.05) is 0 Å². The summed E-state index contributed by atoms with van der Waals surface area (Å²) >= 11 is 1.62. The molecule has 3 heterocycles. The number of thiophene rings is 1. The lowest BCUT2D eigenvalue weighted by Crippen LogP contribution is -2.52. The lowest BCUT2D eigenvalue weighted by Gasteiger charge is -2.35. The third kappa shape index (κ3) is 3.60. The molecule has 1 aromatic heterocycles. The van der Waals surface area contributed by atoms with E-state index in [2.05, 4.69) is 27.0 Å². The van der Waals surface area contributed by atoms with Gasteiger partial charge in [-0.05, 0) is 42.5 Å². The SMILES string of the molecule is COCCCC1CN(C2=Nc3ccc(F)cc3Nc3sccc32)CCN1. The molecule has 7 heteroatoms. The zero-order chi connectivity index (χ0) is 17.9. The van der Waals surface area contributed by atoms with Crippen molar-refractivity contribution in [2.75, 3.05) is 38.7 Å². The first-order valence-electron chi connectivity index (χ1n) is 8.95. The van der Waals surface area contributed by atoms with Crippen LogP contribution in [0.2, 0.25) is 0 Å². The molecule has 1 atom stereocenters. The van der Waals surface area contributed by atoms with Gasteiger partial charge in [-0.3, -0.25) is 0 Å². The number of hydrogen-bond donors (Lipinski definition) is 2. The lowest BCUT2D eigenvalue weighted by atomic mass is 10.1. The Hall–Kier alpha value is -1.96. The number of halogens is 1. The third-order valence-electron chi connectivity index (χ3n) is 4.80. The number of hydrogen-bond acceptors (Lipinski definition) is 6. The van der Waals surface area contributed by atoms with Gasteiger partial charge < -0.3 is 20.3 Å². The fourth-order valence-electron chi connectivity index (χ4n) is 3.51. The molecule has 1 unspecified atom stereocenters. The molecular weight excluding hydrogens is 351 g/mol. The maximum atomic E-state index is 13.7. The predicted octanol–water partition coefficient (Wildman–Crippen LogP) is 3.72. The minimum absolute atomic E-state index is 0.256. The molecule has 0 radical (unpaired) electrons. The Balaban J connectivity index is 1.62. The zero-order valence-corrected chi connectivity index (χ0v) is 15.6. The highest BCUT2D eigenvalue weighted by Gasteiger charge is 2.26. The first-order chi connectivity index (χ1) is 12.7. The van der Waals surface area contributed by atoms with Crippen molar-refractivity contribution >= 4 is 33.5 Å². The van der Waals surface area contributed by atoms with Gasteiger partial charge in [0.05, 0.1) is 16.9 Å². The lowest BCUT2D eigenvalue weighted by molar-refractivity contribution is 0.182. The van der Waals surface area contributed by atoms with Crippen molar-refractivity contribution in [3.05, 3.63) is 41.0 Å². The molecule has 4 rings (SSSR count). The molecule has 1 fully saturated rings. The first kappa shape index (κ1) is 17.5. The van der Waals surface area contributed by atoms with Crippen LogP contribution in [0.3, 0.4) is 0 Å². The quantitative estimate of drug-likeness (QED) is 0.801. The molecular formula is C19H23FN4OS. The minimum atomic E-state index is -0.256. The van der Waals surface area contributed by atoms with Crippen LogP contribution in [-0.2, 0) is 4.74 Å². The van der Waals surface area contributed by atoms with Crippen molar-refractivity contribution in [3.8, 4) is 0 Å². The van der Waals surface area contributed by atoms with Gasteiger partial charge in [0.15, 0.2) is 0 Å². The van der Waals surface area contributed by atoms with E-state index in [0.717, 1.165) is 66.9 Å². The van der Waals surface area contributed by atoms with Crippen LogP contribution in [0.15, 0.2) is 34.6 Å². The van der Waals surface area contributed by atoms with Crippen LogP contribution in [0.4, 0.5) is 20.8 Å². The molecule has 1 aromatic carbocycles. The van der Waals surface area contributed by atoms with Crippen LogP contribution in [0.25, 0.3) is 0 Å². The number of piperazine rings is 1. The van der Waals surface area contributed by atoms with Crippen molar-refractivity contribution in [1.82, 2.24) is 10.2 Å². The Labute approximate surface area is 156 Å². The normalized spacial score (nSPS) is 19.2. The van der Waals surface area contributed by atoms with Gasteiger partial charge >= 0.3 is 0 Å². The Kier molecular flexibility index (Phi) is 5.19. The van der Waals surface area contributed by atoms with Crippen LogP contribution < -0.4 is 10.6 Å². The van der Waals surface area contributed by atoms with E-state index < -0.39 is 0 Å². The smallest absolute Gasteiger partial charge is 0.139 e. The summed E-state index contributed by atoms with van der Waals surface area (Å²) in [6, 6.07) is 7.23. The van der Waals surface area contributed by atoms with Gasteiger partial charge in [-0.25, -0.2) is 9.38 Å². The van der Waals surface area contributed by atoms with E-state index in [4.69, 9.17) is 9.73 Å². The summed E-state index contributed by atoms with van der Waals surface area (Å²) in [4.78, 5) is 7.26. The number of ether oxygens (including phenoxy) is 1. The second kappa shape index (κ2) is 7.73. The highest BCUT2D eigenvalue weighted by molar-refractivity contribution is 7.14. The van der Waals surface area contributed by atoms with Gasteiger partial charge in [0.1, 0.15) is 16.7 Å². The number of methoxy groups -OCH3 is 1. The minimum Gasteiger partial charge on any atom is -0.385 e. The van der Waals surface area contributed by atoms with E-state index in [9.17, 15) is 4.39 Å². The second-order valence-electron chi connectivity index (χ2n) is 6.62. The average molecular weight is 374 g/mol. The van der Waals surface area contributed by atoms with Gasteiger partial charge in [0.25, 0.3) is 0 Å². The number of amidine groups is 1. The summed E-state index contributed by atoms with van der Waals surface area (Å²) in [7, 11) is 1.74. The molecule has 0 amide bonds. The van der Waals surface area contributed by atoms with Crippen molar-refractivity contribution in [2.45, 2.75) is 18.9 Å². The fourth-order valence-corrected chi connectivity index (χ4v) is 4.31. The summed E-state index contributed by atoms with van der Waals surface area (Å²) in [5.41, 5.74) is 2.58. The van der Waals surface area contributed by atoms with Gasteiger partial charge in [-0.15, -0.1) is 11.3 Å². The molecule has 138 valence electrons. The summed E-state index contributed by atoms with van der Waals surface area (Å²) in [5.74, 6) is 0.714. The molecule has 1 saturated heterocycles. The molecule has 26 heavy (non-hydrogen) atoms. The number of aliphatic imine (C=N–C) groups is 1. The third-order valence-corrected chi connectivity index (χ3v) is 5.63. The molecule has 0 spiro atoms. The maximum Gasteiger partial charge on any atom is 0.139 e. The predicted molar refractivity (Wildman–Crippen MR) is 105 cm³/mol. The molecule has 2 aromatic rings.